The number of benzene rings is 2. The Morgan fingerprint density at radius 3 is 2.00 bits per heavy atom. The number of aliphatic hydroxyl groups excluding tert-OH is 2. The Kier molecular flexibility index (Phi) is 8.36. The Morgan fingerprint density at radius 2 is 1.48 bits per heavy atom. The van der Waals surface area contributed by atoms with Gasteiger partial charge in [-0.15, -0.1) is 0 Å². The molecule has 6 nitrogen and oxygen atoms in total. The van der Waals surface area contributed by atoms with Crippen LogP contribution in [-0.2, 0) is 16.0 Å². The van der Waals surface area contributed by atoms with E-state index in [1.165, 1.54) is 29.8 Å². The van der Waals surface area contributed by atoms with Crippen LogP contribution < -0.4 is 4.74 Å². The number of carbonyl (C=O) groups is 2. The van der Waals surface area contributed by atoms with Crippen LogP contribution >= 0.6 is 0 Å². The van der Waals surface area contributed by atoms with Gasteiger partial charge < -0.3 is 19.7 Å². The summed E-state index contributed by atoms with van der Waals surface area (Å²) in [6.45, 7) is 5.19. The van der Waals surface area contributed by atoms with Crippen LogP contribution in [0.25, 0.3) is 0 Å². The molecule has 1 unspecified atom stereocenters. The van der Waals surface area contributed by atoms with E-state index in [0.29, 0.717) is 11.7 Å². The van der Waals surface area contributed by atoms with Gasteiger partial charge in [0.25, 0.3) is 0 Å². The summed E-state index contributed by atoms with van der Waals surface area (Å²) >= 11 is 0. The molecule has 0 aliphatic rings. The van der Waals surface area contributed by atoms with Gasteiger partial charge in [0.1, 0.15) is 11.9 Å². The fraction of sp³-hybridized carbons (Fsp3) is 0.391. The standard InChI is InChI=1S/C23H28O6/c1-15(2)12-17-4-6-18(7-5-17)16(3)22(26)28-20-10-8-19(9-11-20)23(27)29-21(13-24)14-25/h4-11,15-16,21,24-25H,12-14H2,1-3H3. The first-order valence-corrected chi connectivity index (χ1v) is 9.67. The normalized spacial score (nSPS) is 12.1. The maximum Gasteiger partial charge on any atom is 0.338 e. The van der Waals surface area contributed by atoms with Gasteiger partial charge >= 0.3 is 11.9 Å². The van der Waals surface area contributed by atoms with Gasteiger partial charge in [-0.1, -0.05) is 38.1 Å². The van der Waals surface area contributed by atoms with Crippen LogP contribution in [0.1, 0.15) is 48.2 Å². The van der Waals surface area contributed by atoms with Crippen molar-refractivity contribution in [2.75, 3.05) is 13.2 Å². The van der Waals surface area contributed by atoms with Crippen LogP contribution in [0.15, 0.2) is 48.5 Å². The van der Waals surface area contributed by atoms with Crippen molar-refractivity contribution >= 4 is 11.9 Å². The molecule has 2 rings (SSSR count). The first-order valence-electron chi connectivity index (χ1n) is 9.67. The quantitative estimate of drug-likeness (QED) is 0.496. The van der Waals surface area contributed by atoms with Gasteiger partial charge in [-0.3, -0.25) is 4.79 Å². The SMILES string of the molecule is CC(C)Cc1ccc(C(C)C(=O)Oc2ccc(C(=O)OC(CO)CO)cc2)cc1. The molecule has 0 aliphatic carbocycles. The Labute approximate surface area is 171 Å². The number of aliphatic hydroxyl groups is 2. The lowest BCUT2D eigenvalue weighted by Crippen LogP contribution is -2.25. The summed E-state index contributed by atoms with van der Waals surface area (Å²) in [5, 5.41) is 17.9. The van der Waals surface area contributed by atoms with E-state index in [-0.39, 0.29) is 5.56 Å². The van der Waals surface area contributed by atoms with Crippen LogP contribution in [0, 0.1) is 5.92 Å². The molecular formula is C23H28O6. The molecule has 2 aromatic carbocycles. The lowest BCUT2D eigenvalue weighted by atomic mass is 9.97. The van der Waals surface area contributed by atoms with Crippen LogP contribution in [0.3, 0.4) is 0 Å². The van der Waals surface area contributed by atoms with Crippen molar-refractivity contribution in [3.8, 4) is 5.75 Å². The Balaban J connectivity index is 1.96. The Hall–Kier alpha value is -2.70. The number of hydrogen-bond donors (Lipinski definition) is 2. The van der Waals surface area contributed by atoms with Gasteiger partial charge in [0.15, 0.2) is 0 Å². The zero-order chi connectivity index (χ0) is 21.4. The molecule has 156 valence electrons. The Morgan fingerprint density at radius 1 is 0.897 bits per heavy atom. The number of ether oxygens (including phenoxy) is 2. The average molecular weight is 400 g/mol. The largest absolute Gasteiger partial charge is 0.454 e. The smallest absolute Gasteiger partial charge is 0.338 e. The van der Waals surface area contributed by atoms with E-state index in [2.05, 4.69) is 13.8 Å². The molecule has 6 heteroatoms. The minimum Gasteiger partial charge on any atom is -0.454 e. The second kappa shape index (κ2) is 10.7. The highest BCUT2D eigenvalue weighted by Crippen LogP contribution is 2.21. The second-order valence-corrected chi connectivity index (χ2v) is 7.40. The zero-order valence-electron chi connectivity index (χ0n) is 17.0. The highest BCUT2D eigenvalue weighted by atomic mass is 16.6. The van der Waals surface area contributed by atoms with E-state index in [0.717, 1.165) is 12.0 Å². The third-order valence-electron chi connectivity index (χ3n) is 4.47. The maximum atomic E-state index is 12.4. The molecule has 0 aliphatic heterocycles. The molecule has 0 saturated carbocycles. The molecule has 0 aromatic heterocycles. The molecule has 0 fully saturated rings. The fourth-order valence-electron chi connectivity index (χ4n) is 2.77. The molecule has 0 bridgehead atoms. The number of esters is 2. The molecule has 0 radical (unpaired) electrons. The molecule has 1 atom stereocenters. The molecular weight excluding hydrogens is 372 g/mol. The fourth-order valence-corrected chi connectivity index (χ4v) is 2.77. The minimum absolute atomic E-state index is 0.227. The predicted molar refractivity (Wildman–Crippen MR) is 109 cm³/mol. The van der Waals surface area contributed by atoms with E-state index >= 15 is 0 Å². The van der Waals surface area contributed by atoms with Crippen molar-refractivity contribution in [1.29, 1.82) is 0 Å². The topological polar surface area (TPSA) is 93.1 Å². The summed E-state index contributed by atoms with van der Waals surface area (Å²) in [5.41, 5.74) is 2.34. The highest BCUT2D eigenvalue weighted by Gasteiger charge is 2.19. The van der Waals surface area contributed by atoms with Gasteiger partial charge in [0.05, 0.1) is 24.7 Å². The highest BCUT2D eigenvalue weighted by molar-refractivity contribution is 5.89. The van der Waals surface area contributed by atoms with E-state index in [1.54, 1.807) is 6.92 Å². The second-order valence-electron chi connectivity index (χ2n) is 7.40. The summed E-state index contributed by atoms with van der Waals surface area (Å²) in [6, 6.07) is 13.9. The van der Waals surface area contributed by atoms with Crippen molar-refractivity contribution < 1.29 is 29.3 Å². The Bertz CT molecular complexity index is 791. The molecule has 0 amide bonds. The first kappa shape index (κ1) is 22.6. The molecule has 0 saturated heterocycles. The van der Waals surface area contributed by atoms with Crippen LogP contribution in [0.2, 0.25) is 0 Å². The van der Waals surface area contributed by atoms with E-state index < -0.39 is 37.2 Å². The summed E-state index contributed by atoms with van der Waals surface area (Å²) in [6.07, 6.45) is 0.0263. The summed E-state index contributed by atoms with van der Waals surface area (Å²) in [5.74, 6) is -0.608. The van der Waals surface area contributed by atoms with Gasteiger partial charge in [-0.2, -0.15) is 0 Å². The van der Waals surface area contributed by atoms with Crippen LogP contribution in [0.5, 0.6) is 5.75 Å². The van der Waals surface area contributed by atoms with Crippen LogP contribution in [-0.4, -0.2) is 41.5 Å². The van der Waals surface area contributed by atoms with E-state index in [9.17, 15) is 9.59 Å². The number of carbonyl (C=O) groups excluding carboxylic acids is 2. The van der Waals surface area contributed by atoms with Crippen molar-refractivity contribution in [2.45, 2.75) is 39.2 Å². The van der Waals surface area contributed by atoms with Gasteiger partial charge in [-0.25, -0.2) is 4.79 Å². The maximum absolute atomic E-state index is 12.4. The molecule has 0 heterocycles. The third-order valence-corrected chi connectivity index (χ3v) is 4.47. The van der Waals surface area contributed by atoms with Crippen molar-refractivity contribution in [1.82, 2.24) is 0 Å². The third kappa shape index (κ3) is 6.69. The van der Waals surface area contributed by atoms with Gasteiger partial charge in [0.2, 0.25) is 0 Å². The van der Waals surface area contributed by atoms with Crippen molar-refractivity contribution in [3.05, 3.63) is 65.2 Å². The summed E-state index contributed by atoms with van der Waals surface area (Å²) < 4.78 is 10.4. The molecule has 2 N–H and O–H groups in total. The van der Waals surface area contributed by atoms with Gasteiger partial charge in [-0.05, 0) is 54.7 Å². The monoisotopic (exact) mass is 400 g/mol. The number of rotatable bonds is 9. The number of hydrogen-bond acceptors (Lipinski definition) is 6. The lowest BCUT2D eigenvalue weighted by molar-refractivity contribution is -0.135. The first-order chi connectivity index (χ1) is 13.8. The van der Waals surface area contributed by atoms with E-state index in [1.807, 2.05) is 24.3 Å². The summed E-state index contributed by atoms with van der Waals surface area (Å²) in [4.78, 5) is 24.4. The average Bonchev–Trinajstić information content (AvgIpc) is 2.72. The molecule has 29 heavy (non-hydrogen) atoms. The molecule has 2 aromatic rings. The van der Waals surface area contributed by atoms with Crippen LogP contribution in [0.4, 0.5) is 0 Å². The summed E-state index contributed by atoms with van der Waals surface area (Å²) in [7, 11) is 0. The minimum atomic E-state index is -0.965. The van der Waals surface area contributed by atoms with Gasteiger partial charge in [0, 0.05) is 0 Å². The predicted octanol–water partition coefficient (Wildman–Crippen LogP) is 3.10. The zero-order valence-corrected chi connectivity index (χ0v) is 17.0. The lowest BCUT2D eigenvalue weighted by Gasteiger charge is -2.14. The van der Waals surface area contributed by atoms with E-state index in [4.69, 9.17) is 19.7 Å². The molecule has 0 spiro atoms. The van der Waals surface area contributed by atoms with Crippen molar-refractivity contribution in [3.63, 3.8) is 0 Å². The van der Waals surface area contributed by atoms with Crippen molar-refractivity contribution in [2.24, 2.45) is 5.92 Å².